The summed E-state index contributed by atoms with van der Waals surface area (Å²) in [5.41, 5.74) is 14.4. The third-order valence-corrected chi connectivity index (χ3v) is 13.7. The van der Waals surface area contributed by atoms with Crippen molar-refractivity contribution in [2.75, 3.05) is 0 Å². The molecule has 4 aromatic heterocycles. The number of nitrogens with zero attached hydrogens (tertiary/aromatic N) is 4. The maximum atomic E-state index is 5.09. The molecule has 0 bridgehead atoms. The van der Waals surface area contributed by atoms with Gasteiger partial charge in [-0.2, -0.15) is 0 Å². The van der Waals surface area contributed by atoms with Gasteiger partial charge < -0.3 is 9.13 Å². The fraction of sp³-hybridized carbons (Fsp3) is 0. The number of hydrogen-bond acceptors (Lipinski definition) is 3. The third kappa shape index (κ3) is 5.74. The highest BCUT2D eigenvalue weighted by molar-refractivity contribution is 7.26. The van der Waals surface area contributed by atoms with E-state index in [1.165, 1.54) is 74.9 Å². The molecule has 0 unspecified atom stereocenters. The van der Waals surface area contributed by atoms with Crippen LogP contribution in [0.2, 0.25) is 0 Å². The van der Waals surface area contributed by atoms with Crippen molar-refractivity contribution in [3.8, 4) is 56.4 Å². The predicted molar refractivity (Wildman–Crippen MR) is 265 cm³/mol. The van der Waals surface area contributed by atoms with Crippen LogP contribution in [0.15, 0.2) is 218 Å². The molecule has 0 aliphatic rings. The summed E-state index contributed by atoms with van der Waals surface area (Å²) in [6.07, 6.45) is 0. The number of para-hydroxylation sites is 3. The van der Waals surface area contributed by atoms with E-state index in [4.69, 9.17) is 9.97 Å². The Hall–Kier alpha value is -8.12. The first kappa shape index (κ1) is 35.6. The zero-order valence-corrected chi connectivity index (χ0v) is 34.8. The second-order valence-electron chi connectivity index (χ2n) is 16.2. The average molecular weight is 821 g/mol. The van der Waals surface area contributed by atoms with Crippen LogP contribution in [-0.2, 0) is 0 Å². The van der Waals surface area contributed by atoms with Crippen LogP contribution < -0.4 is 0 Å². The summed E-state index contributed by atoms with van der Waals surface area (Å²) in [5.74, 6) is 0.703. The maximum Gasteiger partial charge on any atom is 0.160 e. The summed E-state index contributed by atoms with van der Waals surface area (Å²) in [4.78, 5) is 10.2. The lowest BCUT2D eigenvalue weighted by molar-refractivity contribution is 1.16. The van der Waals surface area contributed by atoms with E-state index in [2.05, 4.69) is 215 Å². The molecule has 0 spiro atoms. The van der Waals surface area contributed by atoms with Crippen molar-refractivity contribution in [1.82, 2.24) is 19.1 Å². The molecule has 0 radical (unpaired) electrons. The lowest BCUT2D eigenvalue weighted by Gasteiger charge is -2.11. The zero-order valence-electron chi connectivity index (χ0n) is 34.0. The van der Waals surface area contributed by atoms with Crippen LogP contribution in [0.25, 0.3) is 120 Å². The molecule has 4 heterocycles. The SMILES string of the molecule is c1ccc(-c2cc(-c3ccccc3)nc(-c3ccc(-n4c5ccccc5c5c6sc7ccc(-c8cccc(-n9c%10ccccc%10c%10ccccc%109)c8)cc7c6ccc54)cc3)n2)cc1. The van der Waals surface area contributed by atoms with E-state index < -0.39 is 0 Å². The van der Waals surface area contributed by atoms with Crippen LogP contribution in [0.4, 0.5) is 0 Å². The van der Waals surface area contributed by atoms with E-state index in [1.807, 2.05) is 23.5 Å². The Bertz CT molecular complexity index is 3790. The molecule has 0 N–H and O–H groups in total. The summed E-state index contributed by atoms with van der Waals surface area (Å²) in [7, 11) is 0. The largest absolute Gasteiger partial charge is 0.309 e. The number of aromatic nitrogens is 4. The zero-order chi connectivity index (χ0) is 41.4. The van der Waals surface area contributed by atoms with Gasteiger partial charge in [-0.25, -0.2) is 9.97 Å². The highest BCUT2D eigenvalue weighted by Gasteiger charge is 2.19. The van der Waals surface area contributed by atoms with Gasteiger partial charge in [-0.15, -0.1) is 11.3 Å². The molecule has 0 aliphatic carbocycles. The molecule has 13 rings (SSSR count). The Morgan fingerprint density at radius 2 is 0.857 bits per heavy atom. The Kier molecular flexibility index (Phi) is 8.05. The van der Waals surface area contributed by atoms with Gasteiger partial charge in [0.15, 0.2) is 5.82 Å². The van der Waals surface area contributed by atoms with Gasteiger partial charge in [-0.05, 0) is 90.0 Å². The van der Waals surface area contributed by atoms with Crippen molar-refractivity contribution in [1.29, 1.82) is 0 Å². The van der Waals surface area contributed by atoms with Crippen molar-refractivity contribution in [3.63, 3.8) is 0 Å². The molecule has 294 valence electrons. The normalized spacial score (nSPS) is 11.8. The number of rotatable bonds is 6. The van der Waals surface area contributed by atoms with Gasteiger partial charge in [0, 0.05) is 69.8 Å². The minimum atomic E-state index is 0.703. The summed E-state index contributed by atoms with van der Waals surface area (Å²) in [6.45, 7) is 0. The van der Waals surface area contributed by atoms with Crippen LogP contribution in [-0.4, -0.2) is 19.1 Å². The first-order valence-electron chi connectivity index (χ1n) is 21.3. The van der Waals surface area contributed by atoms with E-state index in [0.29, 0.717) is 5.82 Å². The van der Waals surface area contributed by atoms with Gasteiger partial charge in [0.05, 0.1) is 33.5 Å². The maximum absolute atomic E-state index is 5.09. The smallest absolute Gasteiger partial charge is 0.160 e. The van der Waals surface area contributed by atoms with E-state index in [0.717, 1.165) is 39.5 Å². The number of hydrogen-bond donors (Lipinski definition) is 0. The minimum absolute atomic E-state index is 0.703. The second kappa shape index (κ2) is 14.2. The van der Waals surface area contributed by atoms with Crippen LogP contribution in [0.3, 0.4) is 0 Å². The van der Waals surface area contributed by atoms with Crippen molar-refractivity contribution in [2.45, 2.75) is 0 Å². The Labute approximate surface area is 367 Å². The van der Waals surface area contributed by atoms with Gasteiger partial charge in [-0.3, -0.25) is 0 Å². The van der Waals surface area contributed by atoms with E-state index in [-0.39, 0.29) is 0 Å². The van der Waals surface area contributed by atoms with E-state index >= 15 is 0 Å². The molecular formula is C58H36N4S. The van der Waals surface area contributed by atoms with Gasteiger partial charge in [-0.1, -0.05) is 140 Å². The number of fused-ring (bicyclic) bond motifs is 10. The molecule has 0 fully saturated rings. The van der Waals surface area contributed by atoms with Crippen molar-refractivity contribution in [3.05, 3.63) is 218 Å². The fourth-order valence-electron chi connectivity index (χ4n) is 9.62. The first-order valence-corrected chi connectivity index (χ1v) is 22.1. The van der Waals surface area contributed by atoms with E-state index in [1.54, 1.807) is 0 Å². The third-order valence-electron chi connectivity index (χ3n) is 12.5. The minimum Gasteiger partial charge on any atom is -0.309 e. The molecular weight excluding hydrogens is 785 g/mol. The summed E-state index contributed by atoms with van der Waals surface area (Å²) in [6, 6.07) is 78.3. The molecule has 0 atom stereocenters. The highest BCUT2D eigenvalue weighted by Crippen LogP contribution is 2.45. The molecule has 13 aromatic rings. The van der Waals surface area contributed by atoms with Gasteiger partial charge in [0.1, 0.15) is 0 Å². The highest BCUT2D eigenvalue weighted by atomic mass is 32.1. The molecule has 5 heteroatoms. The van der Waals surface area contributed by atoms with Gasteiger partial charge >= 0.3 is 0 Å². The summed E-state index contributed by atoms with van der Waals surface area (Å²) >= 11 is 1.89. The monoisotopic (exact) mass is 820 g/mol. The standard InChI is InChI=1S/C58H36N4S/c1-3-14-37(15-4-1)49-36-50(38-16-5-2-6-17-38)60-58(59-49)39-26-29-42(30-27-39)61-53-25-12-9-22-47(53)56-54(61)32-31-46-48-35-41(28-33-55(48)63-57(46)56)40-18-13-19-43(34-40)62-51-23-10-7-20-44(51)45-21-8-11-24-52(45)62/h1-36H. The van der Waals surface area contributed by atoms with Crippen LogP contribution in [0.5, 0.6) is 0 Å². The lowest BCUT2D eigenvalue weighted by Crippen LogP contribution is -1.97. The quantitative estimate of drug-likeness (QED) is 0.167. The lowest BCUT2D eigenvalue weighted by atomic mass is 10.0. The average Bonchev–Trinajstić information content (AvgIpc) is 4.02. The topological polar surface area (TPSA) is 35.6 Å². The fourth-order valence-corrected chi connectivity index (χ4v) is 10.9. The second-order valence-corrected chi connectivity index (χ2v) is 17.2. The Balaban J connectivity index is 0.913. The molecule has 0 amide bonds. The molecule has 0 saturated carbocycles. The van der Waals surface area contributed by atoms with Crippen molar-refractivity contribution >= 4 is 75.1 Å². The van der Waals surface area contributed by atoms with Crippen LogP contribution in [0.1, 0.15) is 0 Å². The molecule has 0 aliphatic heterocycles. The predicted octanol–water partition coefficient (Wildman–Crippen LogP) is 15.7. The van der Waals surface area contributed by atoms with Crippen molar-refractivity contribution < 1.29 is 0 Å². The summed E-state index contributed by atoms with van der Waals surface area (Å²) in [5, 5.41) is 7.64. The Morgan fingerprint density at radius 3 is 1.52 bits per heavy atom. The molecule has 9 aromatic carbocycles. The molecule has 63 heavy (non-hydrogen) atoms. The van der Waals surface area contributed by atoms with E-state index in [9.17, 15) is 0 Å². The van der Waals surface area contributed by atoms with Crippen molar-refractivity contribution in [2.24, 2.45) is 0 Å². The number of benzene rings is 9. The van der Waals surface area contributed by atoms with Gasteiger partial charge in [0.2, 0.25) is 0 Å². The number of thiophene rings is 1. The van der Waals surface area contributed by atoms with Crippen LogP contribution in [0, 0.1) is 0 Å². The first-order chi connectivity index (χ1) is 31.2. The van der Waals surface area contributed by atoms with Gasteiger partial charge in [0.25, 0.3) is 0 Å². The Morgan fingerprint density at radius 1 is 0.317 bits per heavy atom. The summed E-state index contributed by atoms with van der Waals surface area (Å²) < 4.78 is 7.39. The molecule has 0 saturated heterocycles. The van der Waals surface area contributed by atoms with Crippen LogP contribution >= 0.6 is 11.3 Å². The molecule has 4 nitrogen and oxygen atoms in total.